The van der Waals surface area contributed by atoms with E-state index in [0.717, 1.165) is 0 Å². The molecule has 0 atom stereocenters. The molecule has 0 aliphatic rings. The van der Waals surface area contributed by atoms with E-state index in [0.29, 0.717) is 4.88 Å². The summed E-state index contributed by atoms with van der Waals surface area (Å²) < 4.78 is 4.40. The Morgan fingerprint density at radius 2 is 2.05 bits per heavy atom. The summed E-state index contributed by atoms with van der Waals surface area (Å²) in [5.41, 5.74) is 4.73. The van der Waals surface area contributed by atoms with Gasteiger partial charge in [-0.05, 0) is 23.7 Å². The van der Waals surface area contributed by atoms with Crippen LogP contribution in [0.5, 0.6) is 0 Å². The Bertz CT molecular complexity index is 502. The van der Waals surface area contributed by atoms with Crippen molar-refractivity contribution in [2.45, 2.75) is 12.8 Å². The van der Waals surface area contributed by atoms with Gasteiger partial charge in [-0.15, -0.1) is 11.3 Å². The smallest absolute Gasteiger partial charge is 0.306 e. The first kappa shape index (κ1) is 16.1. The van der Waals surface area contributed by atoms with Crippen LogP contribution in [0.2, 0.25) is 0 Å². The molecular weight excluding hydrogens is 302 g/mol. The van der Waals surface area contributed by atoms with E-state index in [-0.39, 0.29) is 23.9 Å². The van der Waals surface area contributed by atoms with Crippen LogP contribution < -0.4 is 16.2 Å². The molecule has 0 bridgehead atoms. The van der Waals surface area contributed by atoms with Crippen LogP contribution in [0.15, 0.2) is 17.5 Å². The first-order chi connectivity index (χ1) is 9.52. The van der Waals surface area contributed by atoms with Gasteiger partial charge in [-0.3, -0.25) is 25.2 Å². The Hall–Kier alpha value is -2.00. The fraction of sp³-hybridized carbons (Fsp3) is 0.273. The van der Waals surface area contributed by atoms with E-state index in [1.54, 1.807) is 17.5 Å². The van der Waals surface area contributed by atoms with Crippen LogP contribution in [0.3, 0.4) is 0 Å². The number of esters is 1. The molecule has 1 aromatic rings. The van der Waals surface area contributed by atoms with Gasteiger partial charge >= 0.3 is 5.97 Å². The molecule has 2 amide bonds. The van der Waals surface area contributed by atoms with Crippen molar-refractivity contribution in [3.8, 4) is 0 Å². The Kier molecular flexibility index (Phi) is 6.60. The molecule has 3 N–H and O–H groups in total. The quantitative estimate of drug-likeness (QED) is 0.421. The molecule has 0 spiro atoms. The van der Waals surface area contributed by atoms with Crippen molar-refractivity contribution >= 4 is 46.5 Å². The number of methoxy groups -OCH3 is 1. The van der Waals surface area contributed by atoms with Gasteiger partial charge in [0.15, 0.2) is 5.11 Å². The van der Waals surface area contributed by atoms with Gasteiger partial charge in [-0.2, -0.15) is 0 Å². The number of ether oxygens (including phenoxy) is 1. The van der Waals surface area contributed by atoms with Gasteiger partial charge < -0.3 is 10.1 Å². The third-order valence-corrected chi connectivity index (χ3v) is 3.14. The highest BCUT2D eigenvalue weighted by Crippen LogP contribution is 2.06. The lowest BCUT2D eigenvalue weighted by Crippen LogP contribution is -2.48. The molecule has 0 saturated carbocycles. The zero-order chi connectivity index (χ0) is 15.0. The van der Waals surface area contributed by atoms with Crippen molar-refractivity contribution in [1.82, 2.24) is 16.2 Å². The Morgan fingerprint density at radius 3 is 2.65 bits per heavy atom. The molecule has 1 aromatic heterocycles. The molecule has 0 aliphatic heterocycles. The van der Waals surface area contributed by atoms with Crippen molar-refractivity contribution in [1.29, 1.82) is 0 Å². The number of nitrogens with one attached hydrogen (secondary N) is 3. The number of hydrazine groups is 1. The molecule has 1 rings (SSSR count). The summed E-state index contributed by atoms with van der Waals surface area (Å²) in [5.74, 6) is -1.28. The van der Waals surface area contributed by atoms with E-state index in [1.165, 1.54) is 18.4 Å². The minimum atomic E-state index is -0.481. The molecule has 0 fully saturated rings. The first-order valence-corrected chi connectivity index (χ1v) is 6.82. The van der Waals surface area contributed by atoms with Crippen molar-refractivity contribution in [3.63, 3.8) is 0 Å². The second-order valence-electron chi connectivity index (χ2n) is 3.51. The minimum absolute atomic E-state index is 0.0352. The van der Waals surface area contributed by atoms with E-state index in [1.807, 2.05) is 0 Å². The molecule has 0 saturated heterocycles. The molecule has 0 radical (unpaired) electrons. The van der Waals surface area contributed by atoms with Gasteiger partial charge in [0.1, 0.15) is 0 Å². The van der Waals surface area contributed by atoms with Crippen LogP contribution in [-0.2, 0) is 14.3 Å². The maximum atomic E-state index is 11.6. The van der Waals surface area contributed by atoms with Crippen LogP contribution in [0.1, 0.15) is 22.5 Å². The van der Waals surface area contributed by atoms with Crippen LogP contribution in [0.4, 0.5) is 0 Å². The van der Waals surface area contributed by atoms with Crippen molar-refractivity contribution < 1.29 is 19.1 Å². The van der Waals surface area contributed by atoms with E-state index in [2.05, 4.69) is 20.9 Å². The highest BCUT2D eigenvalue weighted by atomic mass is 32.1. The van der Waals surface area contributed by atoms with Gasteiger partial charge in [0.05, 0.1) is 18.4 Å². The molecule has 0 aliphatic carbocycles. The highest BCUT2D eigenvalue weighted by molar-refractivity contribution is 7.80. The maximum absolute atomic E-state index is 11.6. The molecule has 108 valence electrons. The topological polar surface area (TPSA) is 96.5 Å². The number of amides is 2. The monoisotopic (exact) mass is 315 g/mol. The minimum Gasteiger partial charge on any atom is -0.469 e. The Morgan fingerprint density at radius 1 is 1.30 bits per heavy atom. The van der Waals surface area contributed by atoms with E-state index in [9.17, 15) is 14.4 Å². The zero-order valence-electron chi connectivity index (χ0n) is 10.6. The van der Waals surface area contributed by atoms with E-state index in [4.69, 9.17) is 12.2 Å². The largest absolute Gasteiger partial charge is 0.469 e. The van der Waals surface area contributed by atoms with Crippen molar-refractivity contribution in [2.75, 3.05) is 7.11 Å². The fourth-order valence-electron chi connectivity index (χ4n) is 1.12. The van der Waals surface area contributed by atoms with Gasteiger partial charge in [-0.1, -0.05) is 6.07 Å². The van der Waals surface area contributed by atoms with Crippen LogP contribution in [-0.4, -0.2) is 30.0 Å². The van der Waals surface area contributed by atoms with Crippen molar-refractivity contribution in [2.24, 2.45) is 0 Å². The highest BCUT2D eigenvalue weighted by Gasteiger charge is 2.10. The SMILES string of the molecule is COC(=O)CCC(=O)NC(=S)NNC(=O)c1cccs1. The summed E-state index contributed by atoms with van der Waals surface area (Å²) in [6, 6.07) is 3.39. The second kappa shape index (κ2) is 8.23. The molecule has 1 heterocycles. The molecular formula is C11H13N3O4S2. The Balaban J connectivity index is 2.24. The standard InChI is InChI=1S/C11H13N3O4S2/c1-18-9(16)5-4-8(15)12-11(19)14-13-10(17)7-3-2-6-20-7/h2-3,6H,4-5H2,1H3,(H,13,17)(H2,12,14,15,19). The normalized spacial score (nSPS) is 9.45. The van der Waals surface area contributed by atoms with Crippen LogP contribution in [0.25, 0.3) is 0 Å². The number of carbonyl (C=O) groups is 3. The van der Waals surface area contributed by atoms with E-state index < -0.39 is 11.9 Å². The third kappa shape index (κ3) is 5.76. The Labute approximate surface area is 124 Å². The van der Waals surface area contributed by atoms with Gasteiger partial charge in [0, 0.05) is 6.42 Å². The summed E-state index contributed by atoms with van der Waals surface area (Å²) in [4.78, 5) is 34.3. The van der Waals surface area contributed by atoms with Gasteiger partial charge in [0.2, 0.25) is 5.91 Å². The molecule has 9 heteroatoms. The summed E-state index contributed by atoms with van der Waals surface area (Å²) >= 11 is 6.09. The van der Waals surface area contributed by atoms with Gasteiger partial charge in [-0.25, -0.2) is 0 Å². The lowest BCUT2D eigenvalue weighted by Gasteiger charge is -2.09. The number of carbonyl (C=O) groups excluding carboxylic acids is 3. The van der Waals surface area contributed by atoms with Crippen LogP contribution in [0, 0.1) is 0 Å². The summed E-state index contributed by atoms with van der Waals surface area (Å²) in [6.07, 6.45) is -0.0835. The summed E-state index contributed by atoms with van der Waals surface area (Å²) in [7, 11) is 1.24. The summed E-state index contributed by atoms with van der Waals surface area (Å²) in [5, 5.41) is 4.04. The number of thiophene rings is 1. The first-order valence-electron chi connectivity index (χ1n) is 5.53. The molecule has 20 heavy (non-hydrogen) atoms. The fourth-order valence-corrected chi connectivity index (χ4v) is 1.90. The predicted octanol–water partition coefficient (Wildman–Crippen LogP) is 0.337. The molecule has 7 nitrogen and oxygen atoms in total. The summed E-state index contributed by atoms with van der Waals surface area (Å²) in [6.45, 7) is 0. The maximum Gasteiger partial charge on any atom is 0.306 e. The van der Waals surface area contributed by atoms with Gasteiger partial charge in [0.25, 0.3) is 5.91 Å². The van der Waals surface area contributed by atoms with Crippen LogP contribution >= 0.6 is 23.6 Å². The number of hydrogen-bond acceptors (Lipinski definition) is 6. The average Bonchev–Trinajstić information content (AvgIpc) is 2.96. The second-order valence-corrected chi connectivity index (χ2v) is 4.87. The number of rotatable bonds is 4. The molecule has 0 aromatic carbocycles. The lowest BCUT2D eigenvalue weighted by molar-refractivity contribution is -0.142. The average molecular weight is 315 g/mol. The number of thiocarbonyl (C=S) groups is 1. The van der Waals surface area contributed by atoms with Crippen molar-refractivity contribution in [3.05, 3.63) is 22.4 Å². The predicted molar refractivity (Wildman–Crippen MR) is 76.9 cm³/mol. The number of hydrogen-bond donors (Lipinski definition) is 3. The third-order valence-electron chi connectivity index (χ3n) is 2.07. The zero-order valence-corrected chi connectivity index (χ0v) is 12.2. The molecule has 0 unspecified atom stereocenters. The van der Waals surface area contributed by atoms with E-state index >= 15 is 0 Å². The lowest BCUT2D eigenvalue weighted by atomic mass is 10.3.